The predicted octanol–water partition coefficient (Wildman–Crippen LogP) is 0.626. The highest BCUT2D eigenvalue weighted by atomic mass is 16.5. The summed E-state index contributed by atoms with van der Waals surface area (Å²) in [6, 6.07) is 0. The van der Waals surface area contributed by atoms with Gasteiger partial charge < -0.3 is 9.47 Å². The van der Waals surface area contributed by atoms with E-state index in [-0.39, 0.29) is 0 Å². The van der Waals surface area contributed by atoms with Crippen molar-refractivity contribution in [2.45, 2.75) is 12.5 Å². The largest absolute Gasteiger partial charge is 0.379 e. The Kier molecular flexibility index (Phi) is 2.30. The van der Waals surface area contributed by atoms with Crippen molar-refractivity contribution in [2.24, 2.45) is 0 Å². The van der Waals surface area contributed by atoms with Gasteiger partial charge in [0.2, 0.25) is 0 Å². The normalized spacial score (nSPS) is 28.9. The minimum Gasteiger partial charge on any atom is -0.379 e. The van der Waals surface area contributed by atoms with E-state index in [0.29, 0.717) is 12.7 Å². The van der Waals surface area contributed by atoms with Crippen molar-refractivity contribution in [3.63, 3.8) is 0 Å². The lowest BCUT2D eigenvalue weighted by Crippen LogP contribution is -2.11. The zero-order valence-corrected chi connectivity index (χ0v) is 4.93. The van der Waals surface area contributed by atoms with E-state index < -0.39 is 0 Å². The van der Waals surface area contributed by atoms with Crippen LogP contribution >= 0.6 is 0 Å². The van der Waals surface area contributed by atoms with Gasteiger partial charge in [0, 0.05) is 13.2 Å². The van der Waals surface area contributed by atoms with Crippen LogP contribution in [-0.4, -0.2) is 25.9 Å². The Morgan fingerprint density at radius 1 is 1.75 bits per heavy atom. The summed E-state index contributed by atoms with van der Waals surface area (Å²) in [5.74, 6) is 0. The third-order valence-electron chi connectivity index (χ3n) is 1.24. The molecule has 1 unspecified atom stereocenters. The summed E-state index contributed by atoms with van der Waals surface area (Å²) in [4.78, 5) is 0. The van der Waals surface area contributed by atoms with Crippen LogP contribution in [0, 0.1) is 6.92 Å². The fraction of sp³-hybridized carbons (Fsp3) is 0.833. The molecule has 1 aliphatic heterocycles. The van der Waals surface area contributed by atoms with Crippen molar-refractivity contribution in [1.82, 2.24) is 0 Å². The maximum absolute atomic E-state index is 5.17. The van der Waals surface area contributed by atoms with Crippen molar-refractivity contribution in [2.75, 3.05) is 19.8 Å². The maximum Gasteiger partial charge on any atom is 0.0830 e. The molecule has 1 rings (SSSR count). The van der Waals surface area contributed by atoms with Gasteiger partial charge in [-0.05, 0) is 13.3 Å². The van der Waals surface area contributed by atoms with Gasteiger partial charge >= 0.3 is 0 Å². The molecule has 47 valence electrons. The average molecular weight is 115 g/mol. The highest BCUT2D eigenvalue weighted by Gasteiger charge is 2.14. The molecule has 8 heavy (non-hydrogen) atoms. The first-order valence-electron chi connectivity index (χ1n) is 2.92. The fourth-order valence-electron chi connectivity index (χ4n) is 0.811. The van der Waals surface area contributed by atoms with E-state index >= 15 is 0 Å². The van der Waals surface area contributed by atoms with Crippen LogP contribution in [0.3, 0.4) is 0 Å². The van der Waals surface area contributed by atoms with E-state index in [0.717, 1.165) is 19.6 Å². The topological polar surface area (TPSA) is 18.5 Å². The first-order valence-corrected chi connectivity index (χ1v) is 2.92. The summed E-state index contributed by atoms with van der Waals surface area (Å²) in [5, 5.41) is 0. The van der Waals surface area contributed by atoms with E-state index in [2.05, 4.69) is 6.92 Å². The molecular weight excluding hydrogens is 104 g/mol. The zero-order chi connectivity index (χ0) is 5.82. The molecule has 1 radical (unpaired) electrons. The van der Waals surface area contributed by atoms with Gasteiger partial charge in [-0.3, -0.25) is 0 Å². The lowest BCUT2D eigenvalue weighted by molar-refractivity contribution is 0.0593. The summed E-state index contributed by atoms with van der Waals surface area (Å²) in [6.45, 7) is 5.75. The average Bonchev–Trinajstić information content (AvgIpc) is 2.19. The third kappa shape index (κ3) is 1.46. The SMILES string of the molecule is [CH2]COC1CCOC1. The molecule has 1 fully saturated rings. The molecule has 2 nitrogen and oxygen atoms in total. The molecule has 1 heterocycles. The van der Waals surface area contributed by atoms with Gasteiger partial charge in [0.25, 0.3) is 0 Å². The van der Waals surface area contributed by atoms with Gasteiger partial charge in [0.15, 0.2) is 0 Å². The van der Waals surface area contributed by atoms with Crippen molar-refractivity contribution < 1.29 is 9.47 Å². The minimum atomic E-state index is 0.326. The Hall–Kier alpha value is -0.0800. The predicted molar refractivity (Wildman–Crippen MR) is 30.5 cm³/mol. The molecule has 1 aliphatic rings. The van der Waals surface area contributed by atoms with Crippen LogP contribution in [-0.2, 0) is 9.47 Å². The second-order valence-corrected chi connectivity index (χ2v) is 1.86. The molecule has 0 amide bonds. The van der Waals surface area contributed by atoms with Crippen LogP contribution in [0.15, 0.2) is 0 Å². The molecule has 0 saturated carbocycles. The third-order valence-corrected chi connectivity index (χ3v) is 1.24. The zero-order valence-electron chi connectivity index (χ0n) is 4.93. The number of rotatable bonds is 2. The smallest absolute Gasteiger partial charge is 0.0830 e. The lowest BCUT2D eigenvalue weighted by Gasteiger charge is -2.04. The van der Waals surface area contributed by atoms with Crippen molar-refractivity contribution in [3.8, 4) is 0 Å². The van der Waals surface area contributed by atoms with Crippen molar-refractivity contribution >= 4 is 0 Å². The maximum atomic E-state index is 5.17. The van der Waals surface area contributed by atoms with Gasteiger partial charge in [-0.2, -0.15) is 0 Å². The molecule has 0 aromatic carbocycles. The fourth-order valence-corrected chi connectivity index (χ4v) is 0.811. The van der Waals surface area contributed by atoms with Crippen molar-refractivity contribution in [3.05, 3.63) is 6.92 Å². The Labute approximate surface area is 49.8 Å². The van der Waals surface area contributed by atoms with Crippen LogP contribution in [0.1, 0.15) is 6.42 Å². The van der Waals surface area contributed by atoms with Gasteiger partial charge in [0.05, 0.1) is 12.7 Å². The second kappa shape index (κ2) is 3.05. The summed E-state index contributed by atoms with van der Waals surface area (Å²) in [6.07, 6.45) is 1.36. The second-order valence-electron chi connectivity index (χ2n) is 1.86. The molecule has 2 heteroatoms. The summed E-state index contributed by atoms with van der Waals surface area (Å²) >= 11 is 0. The molecule has 0 N–H and O–H groups in total. The van der Waals surface area contributed by atoms with Crippen LogP contribution in [0.2, 0.25) is 0 Å². The van der Waals surface area contributed by atoms with Crippen LogP contribution in [0.5, 0.6) is 0 Å². The Morgan fingerprint density at radius 3 is 3.12 bits per heavy atom. The quantitative estimate of drug-likeness (QED) is 0.525. The lowest BCUT2D eigenvalue weighted by atomic mass is 10.3. The van der Waals surface area contributed by atoms with Gasteiger partial charge in [-0.15, -0.1) is 0 Å². The summed E-state index contributed by atoms with van der Waals surface area (Å²) < 4.78 is 10.2. The van der Waals surface area contributed by atoms with E-state index in [9.17, 15) is 0 Å². The Balaban J connectivity index is 2.06. The Morgan fingerprint density at radius 2 is 2.62 bits per heavy atom. The van der Waals surface area contributed by atoms with Crippen LogP contribution in [0.25, 0.3) is 0 Å². The molecule has 0 aromatic heterocycles. The molecular formula is C6H11O2. The van der Waals surface area contributed by atoms with E-state index in [1.165, 1.54) is 0 Å². The monoisotopic (exact) mass is 115 g/mol. The number of hydrogen-bond donors (Lipinski definition) is 0. The summed E-state index contributed by atoms with van der Waals surface area (Å²) in [7, 11) is 0. The van der Waals surface area contributed by atoms with Gasteiger partial charge in [-0.25, -0.2) is 0 Å². The number of hydrogen-bond acceptors (Lipinski definition) is 2. The standard InChI is InChI=1S/C6H11O2/c1-2-8-6-3-4-7-5-6/h6H,1-5H2. The molecule has 0 spiro atoms. The molecule has 0 aromatic rings. The Bertz CT molecular complexity index is 57.5. The van der Waals surface area contributed by atoms with Crippen LogP contribution in [0.4, 0.5) is 0 Å². The molecule has 1 atom stereocenters. The molecule has 0 bridgehead atoms. The first kappa shape index (κ1) is 6.05. The van der Waals surface area contributed by atoms with Crippen molar-refractivity contribution in [1.29, 1.82) is 0 Å². The van der Waals surface area contributed by atoms with E-state index in [1.54, 1.807) is 0 Å². The minimum absolute atomic E-state index is 0.326. The summed E-state index contributed by atoms with van der Waals surface area (Å²) in [5.41, 5.74) is 0. The first-order chi connectivity index (χ1) is 3.93. The van der Waals surface area contributed by atoms with Crippen LogP contribution < -0.4 is 0 Å². The van der Waals surface area contributed by atoms with E-state index in [1.807, 2.05) is 0 Å². The highest BCUT2D eigenvalue weighted by molar-refractivity contribution is 4.62. The highest BCUT2D eigenvalue weighted by Crippen LogP contribution is 2.06. The van der Waals surface area contributed by atoms with E-state index in [4.69, 9.17) is 9.47 Å². The molecule has 0 aliphatic carbocycles. The number of ether oxygens (including phenoxy) is 2. The molecule has 1 saturated heterocycles. The van der Waals surface area contributed by atoms with Gasteiger partial charge in [0.1, 0.15) is 0 Å². The van der Waals surface area contributed by atoms with Gasteiger partial charge in [-0.1, -0.05) is 0 Å².